The summed E-state index contributed by atoms with van der Waals surface area (Å²) in [5, 5.41) is 12.9. The fourth-order valence-corrected chi connectivity index (χ4v) is 2.74. The normalized spacial score (nSPS) is 10.8. The molecule has 2 aromatic rings. The second-order valence-electron chi connectivity index (χ2n) is 3.37. The van der Waals surface area contributed by atoms with Crippen molar-refractivity contribution in [1.29, 1.82) is 0 Å². The van der Waals surface area contributed by atoms with Crippen LogP contribution in [0.1, 0.15) is 11.1 Å². The molecule has 3 heteroatoms. The van der Waals surface area contributed by atoms with E-state index < -0.39 is 0 Å². The molecule has 1 aromatic heterocycles. The fourth-order valence-electron chi connectivity index (χ4n) is 1.69. The molecule has 0 fully saturated rings. The summed E-state index contributed by atoms with van der Waals surface area (Å²) in [5.41, 5.74) is 2.07. The molecule has 0 radical (unpaired) electrons. The number of thiophene rings is 1. The molecule has 74 valence electrons. The van der Waals surface area contributed by atoms with E-state index in [1.807, 2.05) is 25.3 Å². The molecule has 14 heavy (non-hydrogen) atoms. The number of methoxy groups -OCH3 is 1. The predicted octanol–water partition coefficient (Wildman–Crippen LogP) is 3.23. The monoisotopic (exact) mass is 208 g/mol. The maximum Gasteiger partial charge on any atom is 0.167 e. The van der Waals surface area contributed by atoms with Gasteiger partial charge in [-0.2, -0.15) is 0 Å². The number of rotatable bonds is 1. The zero-order chi connectivity index (χ0) is 10.3. The van der Waals surface area contributed by atoms with Crippen LogP contribution in [0.3, 0.4) is 0 Å². The van der Waals surface area contributed by atoms with Gasteiger partial charge in [0.05, 0.1) is 7.11 Å². The summed E-state index contributed by atoms with van der Waals surface area (Å²) >= 11 is 1.65. The second-order valence-corrected chi connectivity index (χ2v) is 4.28. The van der Waals surface area contributed by atoms with E-state index in [0.717, 1.165) is 21.2 Å². The van der Waals surface area contributed by atoms with Gasteiger partial charge >= 0.3 is 0 Å². The van der Waals surface area contributed by atoms with E-state index in [-0.39, 0.29) is 5.75 Å². The van der Waals surface area contributed by atoms with E-state index in [1.165, 1.54) is 0 Å². The van der Waals surface area contributed by atoms with Crippen molar-refractivity contribution in [3.05, 3.63) is 22.6 Å². The molecule has 0 aliphatic rings. The van der Waals surface area contributed by atoms with Crippen molar-refractivity contribution in [3.63, 3.8) is 0 Å². The van der Waals surface area contributed by atoms with Crippen LogP contribution in [0.2, 0.25) is 0 Å². The second kappa shape index (κ2) is 3.17. The summed E-state index contributed by atoms with van der Waals surface area (Å²) in [6.07, 6.45) is 0. The average Bonchev–Trinajstić information content (AvgIpc) is 2.48. The number of benzene rings is 1. The lowest BCUT2D eigenvalue weighted by molar-refractivity contribution is 0.374. The van der Waals surface area contributed by atoms with E-state index in [9.17, 15) is 5.11 Å². The lowest BCUT2D eigenvalue weighted by Crippen LogP contribution is -1.88. The van der Waals surface area contributed by atoms with Gasteiger partial charge in [0.15, 0.2) is 11.5 Å². The van der Waals surface area contributed by atoms with E-state index in [1.54, 1.807) is 18.4 Å². The van der Waals surface area contributed by atoms with Crippen LogP contribution in [0, 0.1) is 13.8 Å². The van der Waals surface area contributed by atoms with Gasteiger partial charge < -0.3 is 9.84 Å². The number of aromatic hydroxyl groups is 1. The van der Waals surface area contributed by atoms with Gasteiger partial charge in [-0.05, 0) is 36.4 Å². The Morgan fingerprint density at radius 2 is 2.00 bits per heavy atom. The number of fused-ring (bicyclic) bond motifs is 1. The van der Waals surface area contributed by atoms with Crippen LogP contribution >= 0.6 is 11.3 Å². The lowest BCUT2D eigenvalue weighted by Gasteiger charge is -2.08. The van der Waals surface area contributed by atoms with Crippen LogP contribution in [-0.2, 0) is 0 Å². The Balaban J connectivity index is 2.89. The fraction of sp³-hybridized carbons (Fsp3) is 0.273. The highest BCUT2D eigenvalue weighted by Crippen LogP contribution is 2.41. The standard InChI is InChI=1S/C11H12O2S/c1-6-4-8-9(7(2)5-14-8)10(12)11(6)13-3/h4-5,12H,1-3H3. The van der Waals surface area contributed by atoms with Crippen molar-refractivity contribution < 1.29 is 9.84 Å². The number of ether oxygens (including phenoxy) is 1. The molecule has 0 saturated heterocycles. The molecule has 2 nitrogen and oxygen atoms in total. The maximum absolute atomic E-state index is 9.98. The molecule has 0 unspecified atom stereocenters. The smallest absolute Gasteiger partial charge is 0.167 e. The first-order valence-corrected chi connectivity index (χ1v) is 5.27. The van der Waals surface area contributed by atoms with Gasteiger partial charge in [0.2, 0.25) is 0 Å². The number of phenolic OH excluding ortho intramolecular Hbond substituents is 1. The molecule has 0 spiro atoms. The SMILES string of the molecule is COc1c(C)cc2scc(C)c2c1O. The first kappa shape index (κ1) is 9.34. The minimum Gasteiger partial charge on any atom is -0.504 e. The van der Waals surface area contributed by atoms with Crippen LogP contribution in [0.15, 0.2) is 11.4 Å². The molecule has 0 aliphatic heterocycles. The third-order valence-electron chi connectivity index (χ3n) is 2.37. The van der Waals surface area contributed by atoms with Crippen molar-refractivity contribution in [1.82, 2.24) is 0 Å². The highest BCUT2D eigenvalue weighted by Gasteiger charge is 2.13. The Kier molecular flexibility index (Phi) is 2.11. The van der Waals surface area contributed by atoms with E-state index in [0.29, 0.717) is 5.75 Å². The lowest BCUT2D eigenvalue weighted by atomic mass is 10.1. The molecule has 0 bridgehead atoms. The Morgan fingerprint density at radius 1 is 1.29 bits per heavy atom. The van der Waals surface area contributed by atoms with Crippen LogP contribution in [0.4, 0.5) is 0 Å². The zero-order valence-corrected chi connectivity index (χ0v) is 9.23. The van der Waals surface area contributed by atoms with Crippen molar-refractivity contribution in [3.8, 4) is 11.5 Å². The van der Waals surface area contributed by atoms with E-state index >= 15 is 0 Å². The molecular weight excluding hydrogens is 196 g/mol. The van der Waals surface area contributed by atoms with Gasteiger partial charge in [-0.1, -0.05) is 0 Å². The van der Waals surface area contributed by atoms with Crippen molar-refractivity contribution in [2.24, 2.45) is 0 Å². The topological polar surface area (TPSA) is 29.5 Å². The molecule has 2 rings (SSSR count). The number of hydrogen-bond donors (Lipinski definition) is 1. The van der Waals surface area contributed by atoms with Gasteiger partial charge in [0.1, 0.15) is 0 Å². The maximum atomic E-state index is 9.98. The van der Waals surface area contributed by atoms with Gasteiger partial charge in [-0.15, -0.1) is 11.3 Å². The Hall–Kier alpha value is -1.22. The number of hydrogen-bond acceptors (Lipinski definition) is 3. The van der Waals surface area contributed by atoms with Crippen molar-refractivity contribution in [2.45, 2.75) is 13.8 Å². The molecule has 1 aromatic carbocycles. The Labute approximate surface area is 86.8 Å². The van der Waals surface area contributed by atoms with Gasteiger partial charge in [0.25, 0.3) is 0 Å². The quantitative estimate of drug-likeness (QED) is 0.779. The third kappa shape index (κ3) is 1.16. The van der Waals surface area contributed by atoms with Crippen molar-refractivity contribution >= 4 is 21.4 Å². The van der Waals surface area contributed by atoms with Gasteiger partial charge in [0, 0.05) is 10.1 Å². The number of phenols is 1. The molecule has 0 aliphatic carbocycles. The Morgan fingerprint density at radius 3 is 2.64 bits per heavy atom. The average molecular weight is 208 g/mol. The van der Waals surface area contributed by atoms with Crippen LogP contribution in [-0.4, -0.2) is 12.2 Å². The molecule has 0 atom stereocenters. The largest absolute Gasteiger partial charge is 0.504 e. The third-order valence-corrected chi connectivity index (χ3v) is 3.41. The zero-order valence-electron chi connectivity index (χ0n) is 8.42. The molecule has 1 heterocycles. The minimum absolute atomic E-state index is 0.265. The summed E-state index contributed by atoms with van der Waals surface area (Å²) in [4.78, 5) is 0. The Bertz CT molecular complexity index is 485. The predicted molar refractivity (Wildman–Crippen MR) is 59.5 cm³/mol. The summed E-state index contributed by atoms with van der Waals surface area (Å²) in [6.45, 7) is 3.93. The first-order chi connectivity index (χ1) is 6.65. The van der Waals surface area contributed by atoms with Crippen LogP contribution < -0.4 is 4.74 Å². The summed E-state index contributed by atoms with van der Waals surface area (Å²) in [5.74, 6) is 0.847. The highest BCUT2D eigenvalue weighted by molar-refractivity contribution is 7.17. The summed E-state index contributed by atoms with van der Waals surface area (Å²) in [7, 11) is 1.58. The highest BCUT2D eigenvalue weighted by atomic mass is 32.1. The molecule has 1 N–H and O–H groups in total. The minimum atomic E-state index is 0.265. The van der Waals surface area contributed by atoms with Gasteiger partial charge in [-0.25, -0.2) is 0 Å². The van der Waals surface area contributed by atoms with E-state index in [4.69, 9.17) is 4.74 Å². The summed E-state index contributed by atoms with van der Waals surface area (Å²) < 4.78 is 6.27. The molecular formula is C11H12O2S. The van der Waals surface area contributed by atoms with Gasteiger partial charge in [-0.3, -0.25) is 0 Å². The summed E-state index contributed by atoms with van der Waals surface area (Å²) in [6, 6.07) is 2.05. The van der Waals surface area contributed by atoms with Crippen molar-refractivity contribution in [2.75, 3.05) is 7.11 Å². The first-order valence-electron chi connectivity index (χ1n) is 4.39. The van der Waals surface area contributed by atoms with E-state index in [2.05, 4.69) is 0 Å². The molecule has 0 saturated carbocycles. The number of aryl methyl sites for hydroxylation is 2. The molecule has 0 amide bonds. The van der Waals surface area contributed by atoms with Crippen LogP contribution in [0.5, 0.6) is 11.5 Å². The van der Waals surface area contributed by atoms with Crippen LogP contribution in [0.25, 0.3) is 10.1 Å².